The van der Waals surface area contributed by atoms with Crippen molar-refractivity contribution in [3.63, 3.8) is 0 Å². The fourth-order valence-corrected chi connectivity index (χ4v) is 1.69. The summed E-state index contributed by atoms with van der Waals surface area (Å²) in [5, 5.41) is 0.627. The highest BCUT2D eigenvalue weighted by Crippen LogP contribution is 2.37. The van der Waals surface area contributed by atoms with Crippen LogP contribution in [0.25, 0.3) is 5.57 Å². The SMILES string of the molecule is Bc1cnc(Cl)c(C(C)=C2CC2)c1. The summed E-state index contributed by atoms with van der Waals surface area (Å²) in [6, 6.07) is 2.11. The molecule has 1 nitrogen and oxygen atoms in total. The molecule has 2 rings (SSSR count). The standard InChI is InChI=1S/C10H11BClN/c1-6(7-2-3-7)9-4-8(11)5-13-10(9)12/h4-5H,2-3,11H2,1H3. The van der Waals surface area contributed by atoms with Crippen molar-refractivity contribution in [1.82, 2.24) is 4.98 Å². The average molecular weight is 191 g/mol. The summed E-state index contributed by atoms with van der Waals surface area (Å²) in [7, 11) is 2.04. The predicted molar refractivity (Wildman–Crippen MR) is 59.3 cm³/mol. The normalized spacial score (nSPS) is 14.5. The van der Waals surface area contributed by atoms with Crippen LogP contribution in [0, 0.1) is 0 Å². The molecule has 1 aliphatic rings. The van der Waals surface area contributed by atoms with E-state index < -0.39 is 0 Å². The molecule has 0 radical (unpaired) electrons. The van der Waals surface area contributed by atoms with Crippen LogP contribution < -0.4 is 5.46 Å². The van der Waals surface area contributed by atoms with E-state index in [1.807, 2.05) is 7.85 Å². The molecule has 1 fully saturated rings. The summed E-state index contributed by atoms with van der Waals surface area (Å²) >= 11 is 6.02. The Hall–Kier alpha value is -0.755. The smallest absolute Gasteiger partial charge is 0.141 e. The van der Waals surface area contributed by atoms with Gasteiger partial charge in [0, 0.05) is 11.8 Å². The number of pyridine rings is 1. The Morgan fingerprint density at radius 1 is 1.54 bits per heavy atom. The Labute approximate surface area is 84.2 Å². The van der Waals surface area contributed by atoms with Gasteiger partial charge >= 0.3 is 0 Å². The topological polar surface area (TPSA) is 12.9 Å². The lowest BCUT2D eigenvalue weighted by molar-refractivity contribution is 1.32. The van der Waals surface area contributed by atoms with Crippen molar-refractivity contribution in [2.75, 3.05) is 0 Å². The molecule has 1 heterocycles. The van der Waals surface area contributed by atoms with Crippen LogP contribution in [0.5, 0.6) is 0 Å². The number of rotatable bonds is 1. The third-order valence-electron chi connectivity index (χ3n) is 2.41. The Balaban J connectivity index is 2.50. The van der Waals surface area contributed by atoms with Gasteiger partial charge in [-0.15, -0.1) is 0 Å². The van der Waals surface area contributed by atoms with Gasteiger partial charge in [-0.1, -0.05) is 28.7 Å². The minimum atomic E-state index is 0.627. The van der Waals surface area contributed by atoms with Gasteiger partial charge in [0.25, 0.3) is 0 Å². The van der Waals surface area contributed by atoms with Crippen LogP contribution in [0.3, 0.4) is 0 Å². The third kappa shape index (κ3) is 1.78. The van der Waals surface area contributed by atoms with Crippen molar-refractivity contribution < 1.29 is 0 Å². The van der Waals surface area contributed by atoms with E-state index in [0.717, 1.165) is 5.56 Å². The van der Waals surface area contributed by atoms with E-state index in [2.05, 4.69) is 18.0 Å². The van der Waals surface area contributed by atoms with Gasteiger partial charge in [0.1, 0.15) is 13.0 Å². The maximum Gasteiger partial charge on any atom is 0.141 e. The number of halogens is 1. The molecule has 66 valence electrons. The van der Waals surface area contributed by atoms with E-state index in [9.17, 15) is 0 Å². The Kier molecular flexibility index (Phi) is 2.16. The zero-order chi connectivity index (χ0) is 9.42. The van der Waals surface area contributed by atoms with Gasteiger partial charge in [-0.2, -0.15) is 0 Å². The highest BCUT2D eigenvalue weighted by Gasteiger charge is 2.17. The monoisotopic (exact) mass is 191 g/mol. The summed E-state index contributed by atoms with van der Waals surface area (Å²) in [6.45, 7) is 2.13. The van der Waals surface area contributed by atoms with Crippen molar-refractivity contribution in [2.24, 2.45) is 0 Å². The maximum absolute atomic E-state index is 6.02. The molecule has 0 saturated heterocycles. The summed E-state index contributed by atoms with van der Waals surface area (Å²) in [5.74, 6) is 0. The quantitative estimate of drug-likeness (QED) is 0.485. The molecule has 1 aliphatic carbocycles. The fraction of sp³-hybridized carbons (Fsp3) is 0.300. The molecule has 1 saturated carbocycles. The lowest BCUT2D eigenvalue weighted by Gasteiger charge is -2.04. The Morgan fingerprint density at radius 2 is 2.23 bits per heavy atom. The summed E-state index contributed by atoms with van der Waals surface area (Å²) in [5.41, 5.74) is 5.12. The van der Waals surface area contributed by atoms with E-state index in [4.69, 9.17) is 11.6 Å². The Morgan fingerprint density at radius 3 is 2.85 bits per heavy atom. The summed E-state index contributed by atoms with van der Waals surface area (Å²) in [4.78, 5) is 4.14. The molecule has 0 N–H and O–H groups in total. The maximum atomic E-state index is 6.02. The van der Waals surface area contributed by atoms with Gasteiger partial charge in [-0.05, 0) is 25.3 Å². The van der Waals surface area contributed by atoms with Crippen molar-refractivity contribution in [3.05, 3.63) is 28.6 Å². The number of hydrogen-bond acceptors (Lipinski definition) is 1. The molecule has 0 bridgehead atoms. The molecule has 0 atom stereocenters. The zero-order valence-corrected chi connectivity index (χ0v) is 8.65. The van der Waals surface area contributed by atoms with E-state index in [1.165, 1.54) is 29.5 Å². The van der Waals surface area contributed by atoms with Crippen molar-refractivity contribution in [2.45, 2.75) is 19.8 Å². The van der Waals surface area contributed by atoms with Gasteiger partial charge in [0.15, 0.2) is 0 Å². The van der Waals surface area contributed by atoms with E-state index in [1.54, 1.807) is 6.20 Å². The van der Waals surface area contributed by atoms with Gasteiger partial charge in [-0.25, -0.2) is 4.98 Å². The molecule has 0 spiro atoms. The highest BCUT2D eigenvalue weighted by atomic mass is 35.5. The first-order valence-corrected chi connectivity index (χ1v) is 4.87. The first kappa shape index (κ1) is 8.83. The third-order valence-corrected chi connectivity index (χ3v) is 2.71. The van der Waals surface area contributed by atoms with E-state index in [-0.39, 0.29) is 0 Å². The fourth-order valence-electron chi connectivity index (χ4n) is 1.44. The minimum Gasteiger partial charge on any atom is -0.245 e. The van der Waals surface area contributed by atoms with Gasteiger partial charge < -0.3 is 0 Å². The number of allylic oxidation sites excluding steroid dienone is 2. The van der Waals surface area contributed by atoms with Crippen LogP contribution in [0.1, 0.15) is 25.3 Å². The molecular formula is C10H11BClN. The average Bonchev–Trinajstić information content (AvgIpc) is 2.91. The van der Waals surface area contributed by atoms with Crippen molar-refractivity contribution in [3.8, 4) is 0 Å². The second kappa shape index (κ2) is 3.19. The molecule has 1 aromatic heterocycles. The molecular weight excluding hydrogens is 180 g/mol. The van der Waals surface area contributed by atoms with Crippen LogP contribution in [0.15, 0.2) is 17.8 Å². The van der Waals surface area contributed by atoms with Crippen LogP contribution in [-0.4, -0.2) is 12.8 Å². The molecule has 0 aliphatic heterocycles. The molecule has 1 aromatic rings. The summed E-state index contributed by atoms with van der Waals surface area (Å²) < 4.78 is 0. The lowest BCUT2D eigenvalue weighted by Crippen LogP contribution is -2.04. The van der Waals surface area contributed by atoms with E-state index in [0.29, 0.717) is 5.15 Å². The number of aromatic nitrogens is 1. The van der Waals surface area contributed by atoms with Gasteiger partial charge in [0.05, 0.1) is 0 Å². The summed E-state index contributed by atoms with van der Waals surface area (Å²) in [6.07, 6.45) is 4.27. The van der Waals surface area contributed by atoms with Gasteiger partial charge in [0.2, 0.25) is 0 Å². The second-order valence-electron chi connectivity index (χ2n) is 3.58. The van der Waals surface area contributed by atoms with E-state index >= 15 is 0 Å². The van der Waals surface area contributed by atoms with Crippen LogP contribution in [0.4, 0.5) is 0 Å². The van der Waals surface area contributed by atoms with Crippen molar-refractivity contribution >= 4 is 30.5 Å². The Bertz CT molecular complexity index is 379. The molecule has 3 heteroatoms. The number of nitrogens with zero attached hydrogens (tertiary/aromatic N) is 1. The van der Waals surface area contributed by atoms with Crippen molar-refractivity contribution in [1.29, 1.82) is 0 Å². The highest BCUT2D eigenvalue weighted by molar-refractivity contribution is 6.34. The lowest BCUT2D eigenvalue weighted by atomic mass is 9.95. The first-order valence-electron chi connectivity index (χ1n) is 4.49. The molecule has 13 heavy (non-hydrogen) atoms. The zero-order valence-electron chi connectivity index (χ0n) is 7.89. The minimum absolute atomic E-state index is 0.627. The predicted octanol–water partition coefficient (Wildman–Crippen LogP) is 1.56. The number of hydrogen-bond donors (Lipinski definition) is 0. The molecule has 0 amide bonds. The van der Waals surface area contributed by atoms with Crippen LogP contribution >= 0.6 is 11.6 Å². The van der Waals surface area contributed by atoms with Crippen LogP contribution in [0.2, 0.25) is 5.15 Å². The van der Waals surface area contributed by atoms with Gasteiger partial charge in [-0.3, -0.25) is 0 Å². The largest absolute Gasteiger partial charge is 0.245 e. The first-order chi connectivity index (χ1) is 6.18. The molecule has 0 aromatic carbocycles. The van der Waals surface area contributed by atoms with Crippen LogP contribution in [-0.2, 0) is 0 Å². The molecule has 0 unspecified atom stereocenters. The second-order valence-corrected chi connectivity index (χ2v) is 3.94.